The second-order valence-electron chi connectivity index (χ2n) is 7.05. The molecule has 148 valence electrons. The highest BCUT2D eigenvalue weighted by Crippen LogP contribution is 2.18. The Kier molecular flexibility index (Phi) is 4.71. The Hall–Kier alpha value is -3.01. The summed E-state index contributed by atoms with van der Waals surface area (Å²) < 4.78 is 3.10. The van der Waals surface area contributed by atoms with Crippen LogP contribution in [0.2, 0.25) is 0 Å². The lowest BCUT2D eigenvalue weighted by molar-refractivity contribution is -0.132. The van der Waals surface area contributed by atoms with Crippen LogP contribution >= 0.6 is 0 Å². The first-order valence-corrected chi connectivity index (χ1v) is 9.34. The average Bonchev–Trinajstić information content (AvgIpc) is 3.26. The zero-order valence-corrected chi connectivity index (χ0v) is 16.0. The number of rotatable bonds is 5. The number of hydrogen-bond donors (Lipinski definition) is 2. The second-order valence-corrected chi connectivity index (χ2v) is 7.05. The number of aliphatic hydroxyl groups is 1. The molecule has 0 aliphatic carbocycles. The number of aromatic nitrogens is 6. The number of aryl methyl sites for hydroxylation is 2. The third-order valence-electron chi connectivity index (χ3n) is 5.37. The van der Waals surface area contributed by atoms with Crippen molar-refractivity contribution in [3.63, 3.8) is 0 Å². The van der Waals surface area contributed by atoms with Gasteiger partial charge in [-0.25, -0.2) is 9.50 Å². The molecule has 0 spiro atoms. The van der Waals surface area contributed by atoms with Gasteiger partial charge in [0.15, 0.2) is 0 Å². The van der Waals surface area contributed by atoms with Crippen LogP contribution in [0.15, 0.2) is 11.1 Å². The number of nitrogens with zero attached hydrogens (tertiary/aromatic N) is 6. The zero-order valence-electron chi connectivity index (χ0n) is 16.0. The number of nitrogens with one attached hydrogen (secondary N) is 1. The molecule has 10 nitrogen and oxygen atoms in total. The van der Waals surface area contributed by atoms with E-state index in [4.69, 9.17) is 5.11 Å². The molecular weight excluding hydrogens is 362 g/mol. The van der Waals surface area contributed by atoms with Crippen LogP contribution in [0.3, 0.4) is 0 Å². The summed E-state index contributed by atoms with van der Waals surface area (Å²) in [6, 6.07) is 0. The van der Waals surface area contributed by atoms with Crippen molar-refractivity contribution in [3.05, 3.63) is 44.9 Å². The average molecular weight is 385 g/mol. The first-order valence-electron chi connectivity index (χ1n) is 9.34. The molecule has 0 atom stereocenters. The van der Waals surface area contributed by atoms with E-state index in [1.54, 1.807) is 9.42 Å². The van der Waals surface area contributed by atoms with Crippen molar-refractivity contribution in [2.75, 3.05) is 13.2 Å². The van der Waals surface area contributed by atoms with E-state index in [-0.39, 0.29) is 24.6 Å². The van der Waals surface area contributed by atoms with Gasteiger partial charge >= 0.3 is 0 Å². The molecule has 0 saturated heterocycles. The quantitative estimate of drug-likeness (QED) is 0.624. The maximum Gasteiger partial charge on any atom is 0.270 e. The number of carbonyl (C=O) groups is 1. The van der Waals surface area contributed by atoms with Crippen LogP contribution in [0.4, 0.5) is 0 Å². The minimum Gasteiger partial charge on any atom is -0.394 e. The van der Waals surface area contributed by atoms with E-state index < -0.39 is 0 Å². The lowest BCUT2D eigenvalue weighted by Gasteiger charge is -2.26. The Morgan fingerprint density at radius 2 is 2.18 bits per heavy atom. The molecule has 2 N–H and O–H groups in total. The van der Waals surface area contributed by atoms with Crippen molar-refractivity contribution in [3.8, 4) is 0 Å². The first-order chi connectivity index (χ1) is 13.5. The van der Waals surface area contributed by atoms with Crippen LogP contribution in [0.25, 0.3) is 5.78 Å². The summed E-state index contributed by atoms with van der Waals surface area (Å²) in [6.07, 6.45) is 2.93. The maximum atomic E-state index is 12.8. The van der Waals surface area contributed by atoms with Crippen LogP contribution in [-0.4, -0.2) is 58.4 Å². The summed E-state index contributed by atoms with van der Waals surface area (Å²) in [5, 5.41) is 16.3. The van der Waals surface area contributed by atoms with Crippen molar-refractivity contribution in [2.24, 2.45) is 0 Å². The van der Waals surface area contributed by atoms with E-state index in [9.17, 15) is 9.59 Å². The van der Waals surface area contributed by atoms with Crippen molar-refractivity contribution >= 4 is 11.7 Å². The summed E-state index contributed by atoms with van der Waals surface area (Å²) in [5.41, 5.74) is 4.18. The molecule has 3 aromatic rings. The second kappa shape index (κ2) is 7.19. The zero-order chi connectivity index (χ0) is 19.8. The molecule has 0 saturated carbocycles. The molecule has 1 amide bonds. The lowest BCUT2D eigenvalue weighted by Crippen LogP contribution is -2.37. The fourth-order valence-corrected chi connectivity index (χ4v) is 3.86. The summed E-state index contributed by atoms with van der Waals surface area (Å²) in [6.45, 7) is 4.92. The maximum absolute atomic E-state index is 12.8. The highest BCUT2D eigenvalue weighted by Gasteiger charge is 2.25. The molecule has 0 aromatic carbocycles. The molecule has 4 heterocycles. The molecule has 10 heteroatoms. The lowest BCUT2D eigenvalue weighted by atomic mass is 10.0. The molecule has 0 bridgehead atoms. The minimum absolute atomic E-state index is 0.0406. The molecule has 1 aliphatic rings. The standard InChI is InChI=1S/C18H23N7O3/c1-11-13(12(2)25-18(21-11)19-10-20-25)3-4-16(27)23-6-5-14-15(9-23)22-24(7-8-26)17(14)28/h10,22,26H,3-9H2,1-2H3. The van der Waals surface area contributed by atoms with Gasteiger partial charge in [0.25, 0.3) is 11.3 Å². The van der Waals surface area contributed by atoms with Crippen molar-refractivity contribution in [2.45, 2.75) is 46.2 Å². The van der Waals surface area contributed by atoms with Gasteiger partial charge in [0.2, 0.25) is 5.91 Å². The molecule has 0 radical (unpaired) electrons. The van der Waals surface area contributed by atoms with E-state index in [1.807, 2.05) is 13.8 Å². The van der Waals surface area contributed by atoms with E-state index in [0.717, 1.165) is 22.6 Å². The summed E-state index contributed by atoms with van der Waals surface area (Å²) in [4.78, 5) is 35.3. The predicted octanol–water partition coefficient (Wildman–Crippen LogP) is -0.259. The number of aromatic amines is 1. The molecular formula is C18H23N7O3. The van der Waals surface area contributed by atoms with Crippen molar-refractivity contribution in [1.82, 2.24) is 34.3 Å². The SMILES string of the molecule is Cc1nc2ncnn2c(C)c1CCC(=O)N1CCc2c([nH]n(CCO)c2=O)C1. The van der Waals surface area contributed by atoms with Crippen LogP contribution < -0.4 is 5.56 Å². The first kappa shape index (κ1) is 18.4. The third kappa shape index (κ3) is 3.09. The molecule has 4 rings (SSSR count). The number of aliphatic hydroxyl groups excluding tert-OH is 1. The van der Waals surface area contributed by atoms with Gasteiger partial charge in [0.05, 0.1) is 25.4 Å². The van der Waals surface area contributed by atoms with Crippen LogP contribution in [0, 0.1) is 13.8 Å². The van der Waals surface area contributed by atoms with E-state index >= 15 is 0 Å². The minimum atomic E-state index is -0.106. The highest BCUT2D eigenvalue weighted by molar-refractivity contribution is 5.76. The summed E-state index contributed by atoms with van der Waals surface area (Å²) in [7, 11) is 0. The summed E-state index contributed by atoms with van der Waals surface area (Å²) in [5.74, 6) is 0.601. The van der Waals surface area contributed by atoms with Crippen molar-refractivity contribution < 1.29 is 9.90 Å². The van der Waals surface area contributed by atoms with E-state index in [2.05, 4.69) is 20.2 Å². The van der Waals surface area contributed by atoms with Gasteiger partial charge in [-0.1, -0.05) is 0 Å². The number of carbonyl (C=O) groups excluding carboxylic acids is 1. The normalized spacial score (nSPS) is 13.9. The Morgan fingerprint density at radius 3 is 2.96 bits per heavy atom. The molecule has 3 aromatic heterocycles. The van der Waals surface area contributed by atoms with Crippen LogP contribution in [0.5, 0.6) is 0 Å². The Bertz CT molecular complexity index is 1090. The fourth-order valence-electron chi connectivity index (χ4n) is 3.86. The predicted molar refractivity (Wildman–Crippen MR) is 99.8 cm³/mol. The Labute approximate surface area is 160 Å². The monoisotopic (exact) mass is 385 g/mol. The van der Waals surface area contributed by atoms with Crippen LogP contribution in [0.1, 0.15) is 34.6 Å². The van der Waals surface area contributed by atoms with E-state index in [0.29, 0.717) is 43.7 Å². The molecule has 28 heavy (non-hydrogen) atoms. The fraction of sp³-hybridized carbons (Fsp3) is 0.500. The molecule has 0 fully saturated rings. The van der Waals surface area contributed by atoms with Crippen molar-refractivity contribution in [1.29, 1.82) is 0 Å². The topological polar surface area (TPSA) is 121 Å². The number of H-pyrrole nitrogens is 1. The number of amides is 1. The largest absolute Gasteiger partial charge is 0.394 e. The molecule has 0 unspecified atom stereocenters. The highest BCUT2D eigenvalue weighted by atomic mass is 16.3. The molecule has 1 aliphatic heterocycles. The third-order valence-corrected chi connectivity index (χ3v) is 5.37. The number of fused-ring (bicyclic) bond motifs is 2. The Balaban J connectivity index is 1.47. The van der Waals surface area contributed by atoms with Gasteiger partial charge in [-0.15, -0.1) is 0 Å². The van der Waals surface area contributed by atoms with Crippen LogP contribution in [-0.2, 0) is 30.7 Å². The number of hydrogen-bond acceptors (Lipinski definition) is 6. The smallest absolute Gasteiger partial charge is 0.270 e. The van der Waals surface area contributed by atoms with Gasteiger partial charge in [-0.2, -0.15) is 10.1 Å². The van der Waals surface area contributed by atoms with Gasteiger partial charge in [-0.3, -0.25) is 19.4 Å². The van der Waals surface area contributed by atoms with Gasteiger partial charge in [0.1, 0.15) is 6.33 Å². The Morgan fingerprint density at radius 1 is 1.36 bits per heavy atom. The van der Waals surface area contributed by atoms with Gasteiger partial charge in [-0.05, 0) is 32.3 Å². The van der Waals surface area contributed by atoms with Gasteiger partial charge in [0, 0.05) is 29.9 Å². The van der Waals surface area contributed by atoms with E-state index in [1.165, 1.54) is 11.0 Å². The van der Waals surface area contributed by atoms with Gasteiger partial charge < -0.3 is 10.0 Å². The summed E-state index contributed by atoms with van der Waals surface area (Å²) >= 11 is 0.